The molecule has 2 rings (SSSR count). The maximum atomic E-state index is 5.93. The van der Waals surface area contributed by atoms with Gasteiger partial charge in [-0.1, -0.05) is 29.3 Å². The highest BCUT2D eigenvalue weighted by Crippen LogP contribution is 2.33. The Labute approximate surface area is 130 Å². The molecular formula is C14H12BrCl2NO. The first-order valence-corrected chi connectivity index (χ1v) is 7.26. The standard InChI is InChI=1S/C14H12BrCl2NO/c15-13-5-9(3-4-18)1-2-14(13)19-12-7-10(16)6-11(17)8-12/h1-2,5-8H,3-4,18H2. The molecule has 2 nitrogen and oxygen atoms in total. The maximum Gasteiger partial charge on any atom is 0.141 e. The molecule has 0 aromatic heterocycles. The molecule has 100 valence electrons. The lowest BCUT2D eigenvalue weighted by Gasteiger charge is -2.10. The van der Waals surface area contributed by atoms with Gasteiger partial charge in [0.2, 0.25) is 0 Å². The van der Waals surface area contributed by atoms with Gasteiger partial charge in [0.05, 0.1) is 4.47 Å². The number of ether oxygens (including phenoxy) is 1. The zero-order chi connectivity index (χ0) is 13.8. The Morgan fingerprint density at radius 3 is 2.32 bits per heavy atom. The van der Waals surface area contributed by atoms with Crippen molar-refractivity contribution in [3.05, 3.63) is 56.5 Å². The van der Waals surface area contributed by atoms with Gasteiger partial charge in [-0.2, -0.15) is 0 Å². The van der Waals surface area contributed by atoms with Gasteiger partial charge in [0.1, 0.15) is 11.5 Å². The summed E-state index contributed by atoms with van der Waals surface area (Å²) >= 11 is 15.3. The van der Waals surface area contributed by atoms with E-state index in [-0.39, 0.29) is 0 Å². The third-order valence-electron chi connectivity index (χ3n) is 2.49. The minimum Gasteiger partial charge on any atom is -0.456 e. The summed E-state index contributed by atoms with van der Waals surface area (Å²) in [5, 5.41) is 1.08. The van der Waals surface area contributed by atoms with Crippen molar-refractivity contribution in [1.82, 2.24) is 0 Å². The molecule has 0 radical (unpaired) electrons. The van der Waals surface area contributed by atoms with Crippen LogP contribution in [0.25, 0.3) is 0 Å². The van der Waals surface area contributed by atoms with Crippen molar-refractivity contribution in [3.63, 3.8) is 0 Å². The van der Waals surface area contributed by atoms with E-state index in [0.29, 0.717) is 28.1 Å². The van der Waals surface area contributed by atoms with Gasteiger partial charge in [-0.3, -0.25) is 0 Å². The lowest BCUT2D eigenvalue weighted by Crippen LogP contribution is -2.02. The van der Waals surface area contributed by atoms with E-state index in [2.05, 4.69) is 15.9 Å². The first-order valence-electron chi connectivity index (χ1n) is 5.71. The Morgan fingerprint density at radius 1 is 1.05 bits per heavy atom. The Balaban J connectivity index is 2.23. The Morgan fingerprint density at radius 2 is 1.74 bits per heavy atom. The van der Waals surface area contributed by atoms with Gasteiger partial charge >= 0.3 is 0 Å². The minimum absolute atomic E-state index is 0.540. The van der Waals surface area contributed by atoms with Crippen molar-refractivity contribution in [2.24, 2.45) is 5.73 Å². The summed E-state index contributed by atoms with van der Waals surface area (Å²) in [4.78, 5) is 0. The molecule has 0 aliphatic carbocycles. The lowest BCUT2D eigenvalue weighted by molar-refractivity contribution is 0.479. The zero-order valence-electron chi connectivity index (χ0n) is 10.00. The number of benzene rings is 2. The van der Waals surface area contributed by atoms with Gasteiger partial charge in [0, 0.05) is 10.0 Å². The summed E-state index contributed by atoms with van der Waals surface area (Å²) in [7, 11) is 0. The normalized spacial score (nSPS) is 10.5. The third kappa shape index (κ3) is 4.11. The molecule has 5 heteroatoms. The molecule has 0 heterocycles. The molecule has 0 saturated heterocycles. The van der Waals surface area contributed by atoms with E-state index in [1.807, 2.05) is 18.2 Å². The van der Waals surface area contributed by atoms with E-state index in [9.17, 15) is 0 Å². The molecular weight excluding hydrogens is 349 g/mol. The number of hydrogen-bond donors (Lipinski definition) is 1. The van der Waals surface area contributed by atoms with E-state index in [0.717, 1.165) is 16.5 Å². The average Bonchev–Trinajstić information content (AvgIpc) is 2.32. The quantitative estimate of drug-likeness (QED) is 0.827. The van der Waals surface area contributed by atoms with Gasteiger partial charge < -0.3 is 10.5 Å². The van der Waals surface area contributed by atoms with Gasteiger partial charge in [-0.25, -0.2) is 0 Å². The van der Waals surface area contributed by atoms with Gasteiger partial charge in [0.25, 0.3) is 0 Å². The monoisotopic (exact) mass is 359 g/mol. The molecule has 2 aromatic rings. The second-order valence-electron chi connectivity index (χ2n) is 4.01. The lowest BCUT2D eigenvalue weighted by atomic mass is 10.1. The molecule has 0 saturated carbocycles. The fraction of sp³-hybridized carbons (Fsp3) is 0.143. The average molecular weight is 361 g/mol. The zero-order valence-corrected chi connectivity index (χ0v) is 13.1. The number of halogens is 3. The molecule has 0 bridgehead atoms. The smallest absolute Gasteiger partial charge is 0.141 e. The predicted octanol–water partition coefficient (Wildman–Crippen LogP) is 5.05. The first-order chi connectivity index (χ1) is 9.08. The molecule has 0 unspecified atom stereocenters. The molecule has 2 aromatic carbocycles. The summed E-state index contributed by atoms with van der Waals surface area (Å²) < 4.78 is 6.63. The summed E-state index contributed by atoms with van der Waals surface area (Å²) in [6, 6.07) is 11.0. The minimum atomic E-state index is 0.540. The van der Waals surface area contributed by atoms with Crippen molar-refractivity contribution < 1.29 is 4.74 Å². The molecule has 19 heavy (non-hydrogen) atoms. The van der Waals surface area contributed by atoms with Crippen LogP contribution in [0.3, 0.4) is 0 Å². The molecule has 0 spiro atoms. The maximum absolute atomic E-state index is 5.93. The fourth-order valence-corrected chi connectivity index (χ4v) is 2.68. The van der Waals surface area contributed by atoms with Crippen molar-refractivity contribution in [2.75, 3.05) is 6.54 Å². The molecule has 2 N–H and O–H groups in total. The van der Waals surface area contributed by atoms with Crippen molar-refractivity contribution in [2.45, 2.75) is 6.42 Å². The van der Waals surface area contributed by atoms with Crippen molar-refractivity contribution in [3.8, 4) is 11.5 Å². The topological polar surface area (TPSA) is 35.2 Å². The van der Waals surface area contributed by atoms with Crippen LogP contribution in [-0.4, -0.2) is 6.54 Å². The Bertz CT molecular complexity index is 569. The highest BCUT2D eigenvalue weighted by molar-refractivity contribution is 9.10. The number of nitrogens with two attached hydrogens (primary N) is 1. The van der Waals surface area contributed by atoms with E-state index in [1.54, 1.807) is 18.2 Å². The molecule has 0 aliphatic heterocycles. The molecule has 0 fully saturated rings. The first kappa shape index (κ1) is 14.7. The van der Waals surface area contributed by atoms with Crippen molar-refractivity contribution >= 4 is 39.1 Å². The van der Waals surface area contributed by atoms with Crippen LogP contribution in [0, 0.1) is 0 Å². The highest BCUT2D eigenvalue weighted by atomic mass is 79.9. The Hall–Kier alpha value is -0.740. The van der Waals surface area contributed by atoms with Crippen LogP contribution in [0.4, 0.5) is 0 Å². The van der Waals surface area contributed by atoms with Gasteiger partial charge in [-0.15, -0.1) is 0 Å². The van der Waals surface area contributed by atoms with E-state index in [1.165, 1.54) is 0 Å². The van der Waals surface area contributed by atoms with Crippen LogP contribution >= 0.6 is 39.1 Å². The van der Waals surface area contributed by atoms with E-state index in [4.69, 9.17) is 33.7 Å². The van der Waals surface area contributed by atoms with E-state index >= 15 is 0 Å². The van der Waals surface area contributed by atoms with Crippen LogP contribution < -0.4 is 10.5 Å². The highest BCUT2D eigenvalue weighted by Gasteiger charge is 2.06. The number of rotatable bonds is 4. The second kappa shape index (κ2) is 6.62. The molecule has 0 amide bonds. The second-order valence-corrected chi connectivity index (χ2v) is 5.74. The molecule has 0 atom stereocenters. The Kier molecular flexibility index (Phi) is 5.11. The summed E-state index contributed by atoms with van der Waals surface area (Å²) in [5.41, 5.74) is 6.69. The molecule has 0 aliphatic rings. The van der Waals surface area contributed by atoms with Crippen LogP contribution in [0.5, 0.6) is 11.5 Å². The van der Waals surface area contributed by atoms with Crippen LogP contribution in [0.2, 0.25) is 10.0 Å². The summed E-state index contributed by atoms with van der Waals surface area (Å²) in [6.45, 7) is 0.622. The van der Waals surface area contributed by atoms with Crippen LogP contribution in [0.1, 0.15) is 5.56 Å². The van der Waals surface area contributed by atoms with Crippen LogP contribution in [0.15, 0.2) is 40.9 Å². The van der Waals surface area contributed by atoms with Gasteiger partial charge in [-0.05, 0) is 64.8 Å². The SMILES string of the molecule is NCCc1ccc(Oc2cc(Cl)cc(Cl)c2)c(Br)c1. The fourth-order valence-electron chi connectivity index (χ4n) is 1.66. The van der Waals surface area contributed by atoms with Crippen LogP contribution in [-0.2, 0) is 6.42 Å². The van der Waals surface area contributed by atoms with Gasteiger partial charge in [0.15, 0.2) is 0 Å². The predicted molar refractivity (Wildman–Crippen MR) is 83.4 cm³/mol. The summed E-state index contributed by atoms with van der Waals surface area (Å²) in [6.07, 6.45) is 0.835. The third-order valence-corrected chi connectivity index (χ3v) is 3.55. The number of hydrogen-bond acceptors (Lipinski definition) is 2. The largest absolute Gasteiger partial charge is 0.456 e. The van der Waals surface area contributed by atoms with Crippen molar-refractivity contribution in [1.29, 1.82) is 0 Å². The van der Waals surface area contributed by atoms with E-state index < -0.39 is 0 Å². The summed E-state index contributed by atoms with van der Waals surface area (Å²) in [5.74, 6) is 1.31.